The van der Waals surface area contributed by atoms with Gasteiger partial charge in [0.1, 0.15) is 0 Å². The number of amides is 2. The van der Waals surface area contributed by atoms with Gasteiger partial charge in [-0.3, -0.25) is 4.98 Å². The average Bonchev–Trinajstić information content (AvgIpc) is 2.57. The number of urea groups is 1. The van der Waals surface area contributed by atoms with E-state index >= 15 is 0 Å². The number of anilines is 1. The van der Waals surface area contributed by atoms with Crippen LogP contribution in [0.5, 0.6) is 0 Å². The summed E-state index contributed by atoms with van der Waals surface area (Å²) in [7, 11) is 0. The molecule has 2 aromatic rings. The molecule has 0 atom stereocenters. The molecule has 1 aromatic carbocycles. The first-order valence-electron chi connectivity index (χ1n) is 8.61. The van der Waals surface area contributed by atoms with E-state index in [2.05, 4.69) is 15.6 Å². The van der Waals surface area contributed by atoms with E-state index in [9.17, 15) is 4.79 Å². The minimum Gasteiger partial charge on any atom is -0.374 e. The van der Waals surface area contributed by atoms with Crippen LogP contribution < -0.4 is 10.6 Å². The highest BCUT2D eigenvalue weighted by molar-refractivity contribution is 5.90. The summed E-state index contributed by atoms with van der Waals surface area (Å²) in [5.74, 6) is 0. The quantitative estimate of drug-likeness (QED) is 0.800. The zero-order valence-electron chi connectivity index (χ0n) is 15.4. The van der Waals surface area contributed by atoms with Crippen LogP contribution in [0.4, 0.5) is 10.5 Å². The number of ether oxygens (including phenoxy) is 1. The van der Waals surface area contributed by atoms with Gasteiger partial charge in [-0.25, -0.2) is 4.79 Å². The molecule has 1 aromatic heterocycles. The summed E-state index contributed by atoms with van der Waals surface area (Å²) >= 11 is 0. The topological polar surface area (TPSA) is 63.2 Å². The zero-order valence-corrected chi connectivity index (χ0v) is 15.4. The number of benzene rings is 1. The molecule has 2 N–H and O–H groups in total. The maximum atomic E-state index is 12.2. The fourth-order valence-electron chi connectivity index (χ4n) is 2.49. The summed E-state index contributed by atoms with van der Waals surface area (Å²) < 4.78 is 5.66. The van der Waals surface area contributed by atoms with Crippen molar-refractivity contribution < 1.29 is 9.53 Å². The van der Waals surface area contributed by atoms with Gasteiger partial charge in [0, 0.05) is 24.6 Å². The van der Waals surface area contributed by atoms with Crippen LogP contribution in [0.3, 0.4) is 0 Å². The Morgan fingerprint density at radius 2 is 2.00 bits per heavy atom. The number of hydrogen-bond acceptors (Lipinski definition) is 3. The SMILES string of the molecule is Cc1cnccc1CCNC(=O)Nc1cccc(COC(C)C)c1C. The highest BCUT2D eigenvalue weighted by Crippen LogP contribution is 2.20. The Morgan fingerprint density at radius 3 is 2.72 bits per heavy atom. The number of aromatic nitrogens is 1. The smallest absolute Gasteiger partial charge is 0.319 e. The highest BCUT2D eigenvalue weighted by Gasteiger charge is 2.08. The molecule has 5 nitrogen and oxygen atoms in total. The van der Waals surface area contributed by atoms with E-state index in [-0.39, 0.29) is 12.1 Å². The third-order valence-corrected chi connectivity index (χ3v) is 4.08. The number of pyridine rings is 1. The molecule has 2 rings (SSSR count). The summed E-state index contributed by atoms with van der Waals surface area (Å²) in [6, 6.07) is 7.64. The first kappa shape index (κ1) is 18.9. The Hall–Kier alpha value is -2.40. The Kier molecular flexibility index (Phi) is 6.95. The summed E-state index contributed by atoms with van der Waals surface area (Å²) in [4.78, 5) is 16.2. The second-order valence-corrected chi connectivity index (χ2v) is 6.38. The minimum absolute atomic E-state index is 0.177. The second kappa shape index (κ2) is 9.18. The Labute approximate surface area is 149 Å². The van der Waals surface area contributed by atoms with Crippen molar-refractivity contribution in [2.75, 3.05) is 11.9 Å². The fraction of sp³-hybridized carbons (Fsp3) is 0.400. The summed E-state index contributed by atoms with van der Waals surface area (Å²) in [5.41, 5.74) is 5.25. The lowest BCUT2D eigenvalue weighted by Gasteiger charge is -2.14. The van der Waals surface area contributed by atoms with Gasteiger partial charge in [0.05, 0.1) is 12.7 Å². The molecular weight excluding hydrogens is 314 g/mol. The van der Waals surface area contributed by atoms with E-state index in [1.54, 1.807) is 6.20 Å². The van der Waals surface area contributed by atoms with Crippen molar-refractivity contribution in [2.45, 2.75) is 46.8 Å². The van der Waals surface area contributed by atoms with Gasteiger partial charge in [0.2, 0.25) is 0 Å². The molecule has 0 unspecified atom stereocenters. The third-order valence-electron chi connectivity index (χ3n) is 4.08. The number of carbonyl (C=O) groups is 1. The van der Waals surface area contributed by atoms with Crippen molar-refractivity contribution in [1.82, 2.24) is 10.3 Å². The number of nitrogens with zero attached hydrogens (tertiary/aromatic N) is 1. The molecule has 0 aliphatic heterocycles. The molecule has 0 saturated heterocycles. The number of aryl methyl sites for hydroxylation is 1. The van der Waals surface area contributed by atoms with E-state index in [0.717, 1.165) is 28.8 Å². The van der Waals surface area contributed by atoms with Gasteiger partial charge in [0.15, 0.2) is 0 Å². The molecule has 0 bridgehead atoms. The zero-order chi connectivity index (χ0) is 18.2. The highest BCUT2D eigenvalue weighted by atomic mass is 16.5. The molecule has 0 fully saturated rings. The van der Waals surface area contributed by atoms with Crippen LogP contribution in [0.1, 0.15) is 36.1 Å². The maximum Gasteiger partial charge on any atom is 0.319 e. The predicted octanol–water partition coefficient (Wildman–Crippen LogP) is 3.99. The fourth-order valence-corrected chi connectivity index (χ4v) is 2.49. The van der Waals surface area contributed by atoms with Gasteiger partial charge in [-0.1, -0.05) is 12.1 Å². The lowest BCUT2D eigenvalue weighted by atomic mass is 10.1. The molecular formula is C20H27N3O2. The number of nitrogens with one attached hydrogen (secondary N) is 2. The average molecular weight is 341 g/mol. The summed E-state index contributed by atoms with van der Waals surface area (Å²) in [6.07, 6.45) is 4.57. The summed E-state index contributed by atoms with van der Waals surface area (Å²) in [6.45, 7) is 9.16. The Morgan fingerprint density at radius 1 is 1.20 bits per heavy atom. The standard InChI is InChI=1S/C20H27N3O2/c1-14(2)25-13-18-6-5-7-19(16(18)4)23-20(24)22-11-9-17-8-10-21-12-15(17)3/h5-8,10,12,14H,9,11,13H2,1-4H3,(H2,22,23,24). The molecule has 2 amide bonds. The summed E-state index contributed by atoms with van der Waals surface area (Å²) in [5, 5.41) is 5.82. The minimum atomic E-state index is -0.197. The van der Waals surface area contributed by atoms with Gasteiger partial charge < -0.3 is 15.4 Å². The normalized spacial score (nSPS) is 10.8. The van der Waals surface area contributed by atoms with Crippen molar-refractivity contribution in [3.05, 3.63) is 58.9 Å². The molecule has 25 heavy (non-hydrogen) atoms. The van der Waals surface area contributed by atoms with E-state index in [4.69, 9.17) is 4.74 Å². The van der Waals surface area contributed by atoms with Gasteiger partial charge in [0.25, 0.3) is 0 Å². The van der Waals surface area contributed by atoms with E-state index in [1.165, 1.54) is 5.56 Å². The molecule has 134 valence electrons. The van der Waals surface area contributed by atoms with Gasteiger partial charge in [-0.15, -0.1) is 0 Å². The van der Waals surface area contributed by atoms with Crippen LogP contribution in [-0.2, 0) is 17.8 Å². The molecule has 0 aliphatic carbocycles. The molecule has 5 heteroatoms. The van der Waals surface area contributed by atoms with Crippen molar-refractivity contribution in [3.63, 3.8) is 0 Å². The molecule has 1 heterocycles. The van der Waals surface area contributed by atoms with Gasteiger partial charge in [-0.2, -0.15) is 0 Å². The van der Waals surface area contributed by atoms with Crippen LogP contribution in [0.2, 0.25) is 0 Å². The van der Waals surface area contributed by atoms with E-state index in [1.807, 2.05) is 58.2 Å². The monoisotopic (exact) mass is 341 g/mol. The largest absolute Gasteiger partial charge is 0.374 e. The Bertz CT molecular complexity index is 714. The lowest BCUT2D eigenvalue weighted by molar-refractivity contribution is 0.0654. The van der Waals surface area contributed by atoms with Crippen LogP contribution in [0.25, 0.3) is 0 Å². The first-order valence-corrected chi connectivity index (χ1v) is 8.61. The van der Waals surface area contributed by atoms with Crippen molar-refractivity contribution in [2.24, 2.45) is 0 Å². The van der Waals surface area contributed by atoms with E-state index < -0.39 is 0 Å². The maximum absolute atomic E-state index is 12.2. The third kappa shape index (κ3) is 5.87. The van der Waals surface area contributed by atoms with Crippen molar-refractivity contribution in [1.29, 1.82) is 0 Å². The van der Waals surface area contributed by atoms with Crippen LogP contribution in [0, 0.1) is 13.8 Å². The van der Waals surface area contributed by atoms with Crippen LogP contribution >= 0.6 is 0 Å². The predicted molar refractivity (Wildman–Crippen MR) is 101 cm³/mol. The molecule has 0 spiro atoms. The molecule has 0 saturated carbocycles. The second-order valence-electron chi connectivity index (χ2n) is 6.38. The van der Waals surface area contributed by atoms with E-state index in [0.29, 0.717) is 13.2 Å². The molecule has 0 aliphatic rings. The molecule has 0 radical (unpaired) electrons. The van der Waals surface area contributed by atoms with Gasteiger partial charge >= 0.3 is 6.03 Å². The Balaban J connectivity index is 1.88. The van der Waals surface area contributed by atoms with Gasteiger partial charge in [-0.05, 0) is 68.5 Å². The number of carbonyl (C=O) groups excluding carboxylic acids is 1. The van der Waals surface area contributed by atoms with Crippen LogP contribution in [0.15, 0.2) is 36.7 Å². The van der Waals surface area contributed by atoms with Crippen molar-refractivity contribution >= 4 is 11.7 Å². The number of hydrogen-bond donors (Lipinski definition) is 2. The first-order chi connectivity index (χ1) is 12.0. The van der Waals surface area contributed by atoms with Crippen molar-refractivity contribution in [3.8, 4) is 0 Å². The van der Waals surface area contributed by atoms with Crippen LogP contribution in [-0.4, -0.2) is 23.7 Å². The lowest BCUT2D eigenvalue weighted by Crippen LogP contribution is -2.30. The number of rotatable bonds is 7.